The van der Waals surface area contributed by atoms with Crippen molar-refractivity contribution in [2.24, 2.45) is 16.7 Å². The number of rotatable bonds is 14. The van der Waals surface area contributed by atoms with Crippen LogP contribution in [0.3, 0.4) is 0 Å². The molecule has 0 saturated carbocycles. The number of hydrogen-bond acceptors (Lipinski definition) is 3. The Kier molecular flexibility index (Phi) is 11.9. The van der Waals surface area contributed by atoms with E-state index in [0.29, 0.717) is 12.5 Å². The van der Waals surface area contributed by atoms with Gasteiger partial charge in [-0.05, 0) is 62.7 Å². The van der Waals surface area contributed by atoms with Gasteiger partial charge in [0.2, 0.25) is 0 Å². The highest BCUT2D eigenvalue weighted by Gasteiger charge is 2.51. The van der Waals surface area contributed by atoms with Crippen LogP contribution >= 0.6 is 7.60 Å². The minimum atomic E-state index is -3.36. The predicted octanol–water partition coefficient (Wildman–Crippen LogP) is 9.64. The third-order valence-corrected chi connectivity index (χ3v) is 9.32. The lowest BCUT2D eigenvalue weighted by Gasteiger charge is -2.45. The summed E-state index contributed by atoms with van der Waals surface area (Å²) in [7, 11) is -3.36. The van der Waals surface area contributed by atoms with Crippen LogP contribution in [0.25, 0.3) is 0 Å². The van der Waals surface area contributed by atoms with Crippen LogP contribution in [0, 0.1) is 16.7 Å². The first-order valence-electron chi connectivity index (χ1n) is 12.4. The minimum absolute atomic E-state index is 0.0478. The first-order valence-corrected chi connectivity index (χ1v) is 14.0. The van der Waals surface area contributed by atoms with E-state index >= 15 is 0 Å². The zero-order valence-corrected chi connectivity index (χ0v) is 23.5. The largest absolute Gasteiger partial charge is 0.337 e. The lowest BCUT2D eigenvalue weighted by Crippen LogP contribution is -2.39. The smallest absolute Gasteiger partial charge is 0.308 e. The van der Waals surface area contributed by atoms with Gasteiger partial charge in [0.1, 0.15) is 0 Å². The van der Waals surface area contributed by atoms with E-state index in [1.807, 2.05) is 0 Å². The Morgan fingerprint density at radius 1 is 0.800 bits per heavy atom. The van der Waals surface area contributed by atoms with Crippen LogP contribution in [0.2, 0.25) is 0 Å². The molecule has 3 nitrogen and oxygen atoms in total. The Morgan fingerprint density at radius 3 is 1.70 bits per heavy atom. The topological polar surface area (TPSA) is 35.5 Å². The maximum Gasteiger partial charge on any atom is 0.337 e. The van der Waals surface area contributed by atoms with Gasteiger partial charge in [-0.1, -0.05) is 88.5 Å². The fourth-order valence-corrected chi connectivity index (χ4v) is 7.41. The van der Waals surface area contributed by atoms with Crippen molar-refractivity contribution in [3.63, 3.8) is 0 Å². The van der Waals surface area contributed by atoms with Gasteiger partial charge in [-0.2, -0.15) is 0 Å². The molecule has 0 aliphatic heterocycles. The summed E-state index contributed by atoms with van der Waals surface area (Å²) in [5.74, 6) is 0.438. The number of hydrogen-bond donors (Lipinski definition) is 0. The Hall–Kier alpha value is 0.150. The van der Waals surface area contributed by atoms with Crippen molar-refractivity contribution in [3.8, 4) is 0 Å². The van der Waals surface area contributed by atoms with Gasteiger partial charge in [-0.25, -0.2) is 0 Å². The molecule has 4 unspecified atom stereocenters. The molecule has 0 saturated heterocycles. The molecule has 0 amide bonds. The van der Waals surface area contributed by atoms with Crippen LogP contribution in [0.1, 0.15) is 134 Å². The van der Waals surface area contributed by atoms with Gasteiger partial charge in [-0.15, -0.1) is 0 Å². The van der Waals surface area contributed by atoms with E-state index in [1.165, 1.54) is 12.8 Å². The van der Waals surface area contributed by atoms with Crippen LogP contribution < -0.4 is 0 Å². The Labute approximate surface area is 190 Å². The summed E-state index contributed by atoms with van der Waals surface area (Å²) in [6.45, 7) is 26.8. The first-order chi connectivity index (χ1) is 13.5. The Morgan fingerprint density at radius 2 is 1.33 bits per heavy atom. The summed E-state index contributed by atoms with van der Waals surface area (Å²) in [4.78, 5) is 0. The van der Waals surface area contributed by atoms with Crippen LogP contribution in [0.4, 0.5) is 0 Å². The normalized spacial score (nSPS) is 20.3. The Balaban J connectivity index is 6.02. The third-order valence-electron chi connectivity index (χ3n) is 6.35. The van der Waals surface area contributed by atoms with E-state index in [1.54, 1.807) is 0 Å². The molecule has 0 aliphatic rings. The molecule has 182 valence electrons. The molecule has 0 heterocycles. The second-order valence-corrected chi connectivity index (χ2v) is 14.9. The van der Waals surface area contributed by atoms with Crippen LogP contribution in [0.15, 0.2) is 0 Å². The summed E-state index contributed by atoms with van der Waals surface area (Å²) in [6.07, 6.45) is 7.82. The van der Waals surface area contributed by atoms with Crippen molar-refractivity contribution in [2.75, 3.05) is 6.61 Å². The zero-order chi connectivity index (χ0) is 23.9. The molecule has 0 aromatic heterocycles. The molecule has 0 aromatic carbocycles. The van der Waals surface area contributed by atoms with E-state index in [2.05, 4.69) is 83.1 Å². The molecule has 0 spiro atoms. The van der Waals surface area contributed by atoms with E-state index < -0.39 is 18.4 Å². The Bertz CT molecular complexity index is 531. The molecule has 4 heteroatoms. The van der Waals surface area contributed by atoms with Crippen molar-refractivity contribution in [1.82, 2.24) is 0 Å². The quantitative estimate of drug-likeness (QED) is 0.249. The highest BCUT2D eigenvalue weighted by atomic mass is 31.2. The van der Waals surface area contributed by atoms with Gasteiger partial charge < -0.3 is 9.05 Å². The summed E-state index contributed by atoms with van der Waals surface area (Å²) < 4.78 is 27.8. The second-order valence-electron chi connectivity index (χ2n) is 12.4. The second kappa shape index (κ2) is 11.9. The van der Waals surface area contributed by atoms with Crippen LogP contribution in [-0.2, 0) is 13.6 Å². The maximum absolute atomic E-state index is 14.7. The predicted molar refractivity (Wildman–Crippen MR) is 133 cm³/mol. The van der Waals surface area contributed by atoms with Crippen molar-refractivity contribution >= 4 is 7.60 Å². The highest BCUT2D eigenvalue weighted by Crippen LogP contribution is 2.67. The summed E-state index contributed by atoms with van der Waals surface area (Å²) in [5, 5.41) is -0.497. The van der Waals surface area contributed by atoms with Crippen LogP contribution in [-0.4, -0.2) is 17.4 Å². The monoisotopic (exact) mass is 446 g/mol. The SMILES string of the molecule is CCCCC(CC)COP(=O)(OC(C)(CC)CC(C)(C)C)C(C)(CC)CC(C)(C)C. The summed E-state index contributed by atoms with van der Waals surface area (Å²) in [6, 6.07) is 0. The lowest BCUT2D eigenvalue weighted by molar-refractivity contribution is 0.0113. The first kappa shape index (κ1) is 30.1. The molecule has 0 aromatic rings. The van der Waals surface area contributed by atoms with Crippen LogP contribution in [0.5, 0.6) is 0 Å². The average molecular weight is 447 g/mol. The minimum Gasteiger partial charge on any atom is -0.308 e. The van der Waals surface area contributed by atoms with Gasteiger partial charge in [0.05, 0.1) is 17.4 Å². The van der Waals surface area contributed by atoms with E-state index in [9.17, 15) is 4.57 Å². The van der Waals surface area contributed by atoms with Crippen molar-refractivity contribution in [3.05, 3.63) is 0 Å². The third kappa shape index (κ3) is 10.2. The van der Waals surface area contributed by atoms with Gasteiger partial charge in [-0.3, -0.25) is 4.57 Å². The van der Waals surface area contributed by atoms with Crippen molar-refractivity contribution in [2.45, 2.75) is 145 Å². The molecule has 0 fully saturated rings. The van der Waals surface area contributed by atoms with Gasteiger partial charge in [0.15, 0.2) is 0 Å². The maximum atomic E-state index is 14.7. The fourth-order valence-electron chi connectivity index (χ4n) is 4.59. The molecule has 0 bridgehead atoms. The standard InChI is InChI=1S/C26H55O3P/c1-13-17-18-22(14-2)19-28-30(27,26(12,16-4)21-24(8,9)10)29-25(11,15-3)20-23(5,6)7/h22H,13-21H2,1-12H3. The number of unbranched alkanes of at least 4 members (excludes halogenated alkanes) is 1. The molecule has 4 atom stereocenters. The van der Waals surface area contributed by atoms with E-state index in [4.69, 9.17) is 9.05 Å². The molecular weight excluding hydrogens is 391 g/mol. The molecule has 30 heavy (non-hydrogen) atoms. The molecule has 0 aliphatic carbocycles. The van der Waals surface area contributed by atoms with Crippen molar-refractivity contribution in [1.29, 1.82) is 0 Å². The van der Waals surface area contributed by atoms with E-state index in [0.717, 1.165) is 38.5 Å². The molecule has 0 rings (SSSR count). The zero-order valence-electron chi connectivity index (χ0n) is 22.6. The summed E-state index contributed by atoms with van der Waals surface area (Å²) in [5.41, 5.74) is -0.325. The molecule has 0 radical (unpaired) electrons. The van der Waals surface area contributed by atoms with Gasteiger partial charge in [0, 0.05) is 0 Å². The van der Waals surface area contributed by atoms with Crippen molar-refractivity contribution < 1.29 is 13.6 Å². The average Bonchev–Trinajstić information content (AvgIpc) is 2.58. The lowest BCUT2D eigenvalue weighted by atomic mass is 9.82. The van der Waals surface area contributed by atoms with Gasteiger partial charge in [0.25, 0.3) is 0 Å². The van der Waals surface area contributed by atoms with E-state index in [-0.39, 0.29) is 10.8 Å². The summed E-state index contributed by atoms with van der Waals surface area (Å²) >= 11 is 0. The highest BCUT2D eigenvalue weighted by molar-refractivity contribution is 7.55. The molecular formula is C26H55O3P. The van der Waals surface area contributed by atoms with Gasteiger partial charge >= 0.3 is 7.60 Å². The fraction of sp³-hybridized carbons (Fsp3) is 1.00. The molecule has 0 N–H and O–H groups in total.